The molecule has 0 saturated heterocycles. The molecule has 0 spiro atoms. The molecule has 0 rings (SSSR count). The van der Waals surface area contributed by atoms with E-state index in [1.807, 2.05) is 27.8 Å². The Morgan fingerprint density at radius 1 is 1.00 bits per heavy atom. The standard InChI is InChI=1S/C8H15N.C2H6/c1-7(2)5-6-8(3)9-4;1-2/h5-6,9H,1-4H3;1-2H3/b8-6-;. The van der Waals surface area contributed by atoms with Crippen molar-refractivity contribution in [2.45, 2.75) is 34.6 Å². The second-order valence-corrected chi connectivity index (χ2v) is 2.34. The van der Waals surface area contributed by atoms with Crippen LogP contribution < -0.4 is 5.32 Å². The van der Waals surface area contributed by atoms with E-state index in [9.17, 15) is 0 Å². The van der Waals surface area contributed by atoms with E-state index in [1.165, 1.54) is 11.3 Å². The van der Waals surface area contributed by atoms with Crippen LogP contribution in [-0.2, 0) is 0 Å². The number of allylic oxidation sites excluding steroid dienone is 4. The highest BCUT2D eigenvalue weighted by molar-refractivity contribution is 5.12. The van der Waals surface area contributed by atoms with Gasteiger partial charge in [-0.05, 0) is 26.8 Å². The van der Waals surface area contributed by atoms with Gasteiger partial charge in [0.1, 0.15) is 0 Å². The summed E-state index contributed by atoms with van der Waals surface area (Å²) in [5.74, 6) is 0. The molecule has 0 aliphatic carbocycles. The van der Waals surface area contributed by atoms with Crippen LogP contribution >= 0.6 is 0 Å². The number of nitrogens with one attached hydrogen (secondary N) is 1. The fraction of sp³-hybridized carbons (Fsp3) is 0.600. The van der Waals surface area contributed by atoms with E-state index >= 15 is 0 Å². The average Bonchev–Trinajstić information content (AvgIpc) is 2.04. The van der Waals surface area contributed by atoms with Gasteiger partial charge in [0, 0.05) is 12.7 Å². The summed E-state index contributed by atoms with van der Waals surface area (Å²) < 4.78 is 0. The Balaban J connectivity index is 0. The summed E-state index contributed by atoms with van der Waals surface area (Å²) in [4.78, 5) is 0. The van der Waals surface area contributed by atoms with Gasteiger partial charge in [-0.2, -0.15) is 0 Å². The number of hydrogen-bond donors (Lipinski definition) is 1. The van der Waals surface area contributed by atoms with Gasteiger partial charge in [0.25, 0.3) is 0 Å². The smallest absolute Gasteiger partial charge is 0.00724 e. The van der Waals surface area contributed by atoms with Crippen LogP contribution in [0.3, 0.4) is 0 Å². The summed E-state index contributed by atoms with van der Waals surface area (Å²) in [6.07, 6.45) is 4.15. The quantitative estimate of drug-likeness (QED) is 0.604. The van der Waals surface area contributed by atoms with Gasteiger partial charge in [0.05, 0.1) is 0 Å². The number of rotatable bonds is 2. The van der Waals surface area contributed by atoms with Crippen molar-refractivity contribution < 1.29 is 0 Å². The third-order valence-corrected chi connectivity index (χ3v) is 1.06. The lowest BCUT2D eigenvalue weighted by Gasteiger charge is -1.94. The molecule has 0 amide bonds. The van der Waals surface area contributed by atoms with Crippen LogP contribution in [0.25, 0.3) is 0 Å². The van der Waals surface area contributed by atoms with Crippen molar-refractivity contribution in [3.63, 3.8) is 0 Å². The maximum atomic E-state index is 3.04. The molecule has 1 heteroatoms. The van der Waals surface area contributed by atoms with Gasteiger partial charge in [0.15, 0.2) is 0 Å². The first-order valence-electron chi connectivity index (χ1n) is 4.16. The molecule has 0 atom stereocenters. The maximum Gasteiger partial charge on any atom is 0.00724 e. The minimum atomic E-state index is 1.19. The second-order valence-electron chi connectivity index (χ2n) is 2.34. The van der Waals surface area contributed by atoms with E-state index in [-0.39, 0.29) is 0 Å². The van der Waals surface area contributed by atoms with Crippen molar-refractivity contribution in [2.75, 3.05) is 7.05 Å². The lowest BCUT2D eigenvalue weighted by atomic mass is 10.3. The molecule has 0 aliphatic rings. The molecule has 1 nitrogen and oxygen atoms in total. The fourth-order valence-corrected chi connectivity index (χ4v) is 0.375. The first kappa shape index (κ1) is 12.9. The second kappa shape index (κ2) is 9.28. The molecular weight excluding hydrogens is 134 g/mol. The fourth-order valence-electron chi connectivity index (χ4n) is 0.375. The van der Waals surface area contributed by atoms with Crippen LogP contribution in [0.2, 0.25) is 0 Å². The number of hydrogen-bond acceptors (Lipinski definition) is 1. The zero-order valence-corrected chi connectivity index (χ0v) is 8.65. The minimum Gasteiger partial charge on any atom is -0.392 e. The van der Waals surface area contributed by atoms with Gasteiger partial charge in [-0.25, -0.2) is 0 Å². The van der Waals surface area contributed by atoms with Crippen molar-refractivity contribution in [1.29, 1.82) is 0 Å². The van der Waals surface area contributed by atoms with Gasteiger partial charge < -0.3 is 5.32 Å². The molecule has 0 aliphatic heterocycles. The summed E-state index contributed by atoms with van der Waals surface area (Å²) >= 11 is 0. The van der Waals surface area contributed by atoms with E-state index in [0.29, 0.717) is 0 Å². The molecule has 66 valence electrons. The topological polar surface area (TPSA) is 12.0 Å². The molecule has 11 heavy (non-hydrogen) atoms. The first-order valence-corrected chi connectivity index (χ1v) is 4.16. The Labute approximate surface area is 71.2 Å². The van der Waals surface area contributed by atoms with Gasteiger partial charge in [-0.15, -0.1) is 0 Å². The summed E-state index contributed by atoms with van der Waals surface area (Å²) in [6.45, 7) is 10.2. The van der Waals surface area contributed by atoms with Gasteiger partial charge in [0.2, 0.25) is 0 Å². The third kappa shape index (κ3) is 12.5. The van der Waals surface area contributed by atoms with Crippen molar-refractivity contribution in [1.82, 2.24) is 5.32 Å². The Morgan fingerprint density at radius 3 is 1.73 bits per heavy atom. The molecule has 0 unspecified atom stereocenters. The average molecular weight is 155 g/mol. The predicted octanol–water partition coefficient (Wildman–Crippen LogP) is 3.10. The molecule has 0 aromatic heterocycles. The largest absolute Gasteiger partial charge is 0.392 e. The Kier molecular flexibility index (Phi) is 10.9. The highest BCUT2D eigenvalue weighted by Gasteiger charge is 1.76. The Morgan fingerprint density at radius 2 is 1.45 bits per heavy atom. The van der Waals surface area contributed by atoms with E-state index in [2.05, 4.69) is 31.3 Å². The van der Waals surface area contributed by atoms with Crippen LogP contribution in [0.15, 0.2) is 23.4 Å². The SMILES string of the molecule is CC.CN/C(C)=C\C=C(C)C. The van der Waals surface area contributed by atoms with Crippen molar-refractivity contribution in [2.24, 2.45) is 0 Å². The molecule has 1 N–H and O–H groups in total. The van der Waals surface area contributed by atoms with Crippen molar-refractivity contribution >= 4 is 0 Å². The van der Waals surface area contributed by atoms with Crippen molar-refractivity contribution in [3.8, 4) is 0 Å². The van der Waals surface area contributed by atoms with E-state index in [0.717, 1.165) is 0 Å². The van der Waals surface area contributed by atoms with Gasteiger partial charge >= 0.3 is 0 Å². The monoisotopic (exact) mass is 155 g/mol. The third-order valence-electron chi connectivity index (χ3n) is 1.06. The molecule has 0 heterocycles. The molecule has 0 fully saturated rings. The molecule has 0 aromatic carbocycles. The van der Waals surface area contributed by atoms with Gasteiger partial charge in [-0.3, -0.25) is 0 Å². The van der Waals surface area contributed by atoms with Crippen molar-refractivity contribution in [3.05, 3.63) is 23.4 Å². The molecule has 0 bridgehead atoms. The van der Waals surface area contributed by atoms with Gasteiger partial charge in [-0.1, -0.05) is 25.5 Å². The highest BCUT2D eigenvalue weighted by Crippen LogP contribution is 1.91. The van der Waals surface area contributed by atoms with Crippen LogP contribution in [-0.4, -0.2) is 7.05 Å². The Bertz CT molecular complexity index is 128. The molecule has 0 aromatic rings. The van der Waals surface area contributed by atoms with Crippen LogP contribution in [0.5, 0.6) is 0 Å². The summed E-state index contributed by atoms with van der Waals surface area (Å²) in [5.41, 5.74) is 2.51. The first-order chi connectivity index (χ1) is 5.16. The molecular formula is C10H21N. The van der Waals surface area contributed by atoms with Crippen LogP contribution in [0, 0.1) is 0 Å². The summed E-state index contributed by atoms with van der Waals surface area (Å²) in [7, 11) is 1.92. The zero-order chi connectivity index (χ0) is 9.28. The minimum absolute atomic E-state index is 1.19. The van der Waals surface area contributed by atoms with Crippen LogP contribution in [0.1, 0.15) is 34.6 Å². The zero-order valence-electron chi connectivity index (χ0n) is 8.65. The lowest BCUT2D eigenvalue weighted by molar-refractivity contribution is 0.990. The normalized spacial score (nSPS) is 9.45. The van der Waals surface area contributed by atoms with E-state index in [1.54, 1.807) is 0 Å². The summed E-state index contributed by atoms with van der Waals surface area (Å²) in [6, 6.07) is 0. The maximum absolute atomic E-state index is 3.04. The highest BCUT2D eigenvalue weighted by atomic mass is 14.8. The molecule has 0 saturated carbocycles. The Hall–Kier alpha value is -0.720. The predicted molar refractivity (Wildman–Crippen MR) is 53.6 cm³/mol. The molecule has 0 radical (unpaired) electrons. The summed E-state index contributed by atoms with van der Waals surface area (Å²) in [5, 5.41) is 3.04. The van der Waals surface area contributed by atoms with E-state index < -0.39 is 0 Å². The van der Waals surface area contributed by atoms with Crippen LogP contribution in [0.4, 0.5) is 0 Å². The van der Waals surface area contributed by atoms with E-state index in [4.69, 9.17) is 0 Å². The lowest BCUT2D eigenvalue weighted by Crippen LogP contribution is -2.00.